The van der Waals surface area contributed by atoms with Crippen molar-refractivity contribution in [3.8, 4) is 0 Å². The Hall–Kier alpha value is -2.56. The summed E-state index contributed by atoms with van der Waals surface area (Å²) in [6.07, 6.45) is -0.476. The summed E-state index contributed by atoms with van der Waals surface area (Å²) in [7, 11) is 0. The highest BCUT2D eigenvalue weighted by atomic mass is 32.1. The van der Waals surface area contributed by atoms with Crippen molar-refractivity contribution in [2.24, 2.45) is 22.7 Å². The highest BCUT2D eigenvalue weighted by Gasteiger charge is 2.80. The lowest BCUT2D eigenvalue weighted by Crippen LogP contribution is -2.70. The van der Waals surface area contributed by atoms with Crippen LogP contribution in [-0.4, -0.2) is 58.0 Å². The Labute approximate surface area is 253 Å². The molecule has 1 saturated heterocycles. The van der Waals surface area contributed by atoms with Crippen LogP contribution in [0.4, 0.5) is 8.78 Å². The highest BCUT2D eigenvalue weighted by molar-refractivity contribution is 7.12. The molecule has 5 aliphatic rings. The van der Waals surface area contributed by atoms with Crippen LogP contribution in [0, 0.1) is 29.6 Å². The first-order valence-corrected chi connectivity index (χ1v) is 15.8. The number of allylic oxidation sites excluding steroid dienone is 4. The summed E-state index contributed by atoms with van der Waals surface area (Å²) in [6.45, 7) is 4.57. The van der Waals surface area contributed by atoms with E-state index in [9.17, 15) is 19.8 Å². The lowest BCUT2D eigenvalue weighted by Gasteiger charge is -2.63. The van der Waals surface area contributed by atoms with E-state index in [4.69, 9.17) is 9.47 Å². The lowest BCUT2D eigenvalue weighted by atomic mass is 9.44. The van der Waals surface area contributed by atoms with Crippen LogP contribution in [0.25, 0.3) is 0 Å². The topological polar surface area (TPSA) is 93.1 Å². The van der Waals surface area contributed by atoms with Gasteiger partial charge < -0.3 is 19.7 Å². The second-order valence-corrected chi connectivity index (χ2v) is 14.7. The molecule has 10 atom stereocenters. The molecular weight excluding hydrogens is 574 g/mol. The van der Waals surface area contributed by atoms with Gasteiger partial charge in [0.1, 0.15) is 12.8 Å². The molecule has 3 saturated carbocycles. The van der Waals surface area contributed by atoms with E-state index in [0.717, 1.165) is 22.3 Å². The quantitative estimate of drug-likeness (QED) is 0.478. The molecule has 0 unspecified atom stereocenters. The maximum atomic E-state index is 17.5. The van der Waals surface area contributed by atoms with Crippen molar-refractivity contribution in [1.29, 1.82) is 0 Å². The molecule has 1 aromatic heterocycles. The Morgan fingerprint density at radius 1 is 1.12 bits per heavy atom. The molecule has 6 nitrogen and oxygen atoms in total. The number of alkyl halides is 2. The molecule has 2 aromatic rings. The molecule has 2 N–H and O–H groups in total. The average Bonchev–Trinajstić information content (AvgIpc) is 3.65. The maximum Gasteiger partial charge on any atom is 0.194 e. The third kappa shape index (κ3) is 3.81. The van der Waals surface area contributed by atoms with Crippen LogP contribution in [0.15, 0.2) is 60.2 Å². The van der Waals surface area contributed by atoms with Crippen molar-refractivity contribution in [3.63, 3.8) is 0 Å². The third-order valence-corrected chi connectivity index (χ3v) is 12.4. The normalized spacial score (nSPS) is 43.0. The molecule has 9 heteroatoms. The van der Waals surface area contributed by atoms with Crippen molar-refractivity contribution in [3.05, 3.63) is 81.1 Å². The van der Waals surface area contributed by atoms with Crippen LogP contribution in [-0.2, 0) is 25.5 Å². The average molecular weight is 611 g/mol. The zero-order valence-corrected chi connectivity index (χ0v) is 25.2. The van der Waals surface area contributed by atoms with Gasteiger partial charge in [-0.15, -0.1) is 11.3 Å². The number of hydrogen-bond donors (Lipinski definition) is 2. The van der Waals surface area contributed by atoms with Gasteiger partial charge in [0.25, 0.3) is 0 Å². The Kier molecular flexibility index (Phi) is 6.59. The first-order chi connectivity index (χ1) is 20.4. The SMILES string of the molecule is Cc1ccc(Cc2ccc([C@@H]3O[C@@H]4C[C@H]5[C@@H]6C[C@H](F)C7=CC(=O)C=C[C@]7(C)[C@@]6(F)[C@@H](O)C[C@]5(C)[C@]4(C(=O)CO)O3)s2)cc1. The van der Waals surface area contributed by atoms with E-state index in [1.54, 1.807) is 13.8 Å². The van der Waals surface area contributed by atoms with E-state index in [0.29, 0.717) is 0 Å². The number of halogens is 2. The van der Waals surface area contributed by atoms with Gasteiger partial charge in [0.05, 0.1) is 17.1 Å². The fourth-order valence-corrected chi connectivity index (χ4v) is 10.2. The van der Waals surface area contributed by atoms with Crippen LogP contribution < -0.4 is 0 Å². The summed E-state index contributed by atoms with van der Waals surface area (Å²) >= 11 is 1.52. The fraction of sp³-hybridized carbons (Fsp3) is 0.529. The zero-order valence-electron chi connectivity index (χ0n) is 24.4. The molecule has 4 fully saturated rings. The minimum absolute atomic E-state index is 0.0486. The fourth-order valence-electron chi connectivity index (χ4n) is 9.22. The van der Waals surface area contributed by atoms with Gasteiger partial charge >= 0.3 is 0 Å². The van der Waals surface area contributed by atoms with E-state index in [-0.39, 0.29) is 24.8 Å². The first-order valence-electron chi connectivity index (χ1n) is 15.0. The summed E-state index contributed by atoms with van der Waals surface area (Å²) < 4.78 is 46.3. The second kappa shape index (κ2) is 9.72. The maximum absolute atomic E-state index is 17.5. The van der Waals surface area contributed by atoms with E-state index < -0.39 is 76.8 Å². The van der Waals surface area contributed by atoms with Crippen molar-refractivity contribution < 1.29 is 38.1 Å². The number of aliphatic hydroxyl groups is 2. The van der Waals surface area contributed by atoms with Crippen molar-refractivity contribution >= 4 is 22.9 Å². The number of thiophene rings is 1. The van der Waals surface area contributed by atoms with Gasteiger partial charge in [-0.2, -0.15) is 0 Å². The van der Waals surface area contributed by atoms with Crippen molar-refractivity contribution in [2.75, 3.05) is 6.61 Å². The van der Waals surface area contributed by atoms with Crippen LogP contribution >= 0.6 is 11.3 Å². The summed E-state index contributed by atoms with van der Waals surface area (Å²) in [4.78, 5) is 27.7. The molecule has 2 heterocycles. The molecule has 4 aliphatic carbocycles. The lowest BCUT2D eigenvalue weighted by molar-refractivity contribution is -0.234. The van der Waals surface area contributed by atoms with Crippen LogP contribution in [0.2, 0.25) is 0 Å². The summed E-state index contributed by atoms with van der Waals surface area (Å²) in [5, 5.41) is 21.8. The smallest absolute Gasteiger partial charge is 0.194 e. The van der Waals surface area contributed by atoms with Gasteiger partial charge in [-0.3, -0.25) is 9.59 Å². The molecule has 0 amide bonds. The zero-order chi connectivity index (χ0) is 30.5. The van der Waals surface area contributed by atoms with Crippen molar-refractivity contribution in [1.82, 2.24) is 0 Å². The molecular formula is C34H36F2O6S. The second-order valence-electron chi connectivity index (χ2n) is 13.5. The molecule has 1 aromatic carbocycles. The summed E-state index contributed by atoms with van der Waals surface area (Å²) in [5.74, 6) is -2.54. The van der Waals surface area contributed by atoms with E-state index in [2.05, 4.69) is 24.3 Å². The van der Waals surface area contributed by atoms with E-state index >= 15 is 8.78 Å². The molecule has 228 valence electrons. The Balaban J connectivity index is 1.22. The van der Waals surface area contributed by atoms with Gasteiger partial charge in [0.2, 0.25) is 0 Å². The monoisotopic (exact) mass is 610 g/mol. The number of Topliss-reactive ketones (excluding diaryl/α,β-unsaturated/α-hetero) is 1. The number of carbonyl (C=O) groups is 2. The number of hydrogen-bond acceptors (Lipinski definition) is 7. The van der Waals surface area contributed by atoms with Gasteiger partial charge in [-0.1, -0.05) is 42.8 Å². The predicted molar refractivity (Wildman–Crippen MR) is 156 cm³/mol. The third-order valence-electron chi connectivity index (χ3n) is 11.3. The molecule has 0 spiro atoms. The summed E-state index contributed by atoms with van der Waals surface area (Å²) in [6, 6.07) is 12.2. The number of fused-ring (bicyclic) bond motifs is 7. The largest absolute Gasteiger partial charge is 0.390 e. The predicted octanol–water partition coefficient (Wildman–Crippen LogP) is 5.29. The number of benzene rings is 1. The van der Waals surface area contributed by atoms with Gasteiger partial charge in [-0.25, -0.2) is 8.78 Å². The Morgan fingerprint density at radius 3 is 2.58 bits per heavy atom. The molecule has 0 bridgehead atoms. The number of carbonyl (C=O) groups excluding carboxylic acids is 2. The number of rotatable bonds is 5. The molecule has 43 heavy (non-hydrogen) atoms. The Bertz CT molecular complexity index is 1550. The summed E-state index contributed by atoms with van der Waals surface area (Å²) in [5.41, 5.74) is -4.17. The molecule has 1 aliphatic heterocycles. The minimum atomic E-state index is -2.27. The molecule has 0 radical (unpaired) electrons. The highest BCUT2D eigenvalue weighted by Crippen LogP contribution is 2.72. The van der Waals surface area contributed by atoms with Crippen LogP contribution in [0.5, 0.6) is 0 Å². The van der Waals surface area contributed by atoms with E-state index in [1.165, 1.54) is 34.6 Å². The number of ether oxygens (including phenoxy) is 2. The first kappa shape index (κ1) is 29.2. The van der Waals surface area contributed by atoms with Gasteiger partial charge in [-0.05, 0) is 74.4 Å². The van der Waals surface area contributed by atoms with Crippen LogP contribution in [0.1, 0.15) is 60.3 Å². The number of aliphatic hydroxyl groups excluding tert-OH is 2. The van der Waals surface area contributed by atoms with Gasteiger partial charge in [0.15, 0.2) is 29.1 Å². The number of ketones is 2. The van der Waals surface area contributed by atoms with Crippen LogP contribution in [0.3, 0.4) is 0 Å². The standard InChI is InChI=1S/C34H36F2O6S/c1-18-4-6-19(7-5-18)12-21-8-9-26(43-21)30-41-29-15-22-23-14-25(35)24-13-20(38)10-11-31(24,2)33(23,36)27(39)16-32(22,3)34(29,42-30)28(40)17-37/h4-11,13,22-23,25,27,29-30,37,39H,12,14-17H2,1-3H3/t22-,23-,25-,27-,29+,30+,31-,32-,33-,34+/m0/s1. The van der Waals surface area contributed by atoms with E-state index in [1.807, 2.05) is 19.1 Å². The number of aryl methyl sites for hydroxylation is 1. The minimum Gasteiger partial charge on any atom is -0.390 e. The molecule has 7 rings (SSSR count). The Morgan fingerprint density at radius 2 is 1.86 bits per heavy atom. The van der Waals surface area contributed by atoms with Gasteiger partial charge in [0, 0.05) is 28.0 Å². The van der Waals surface area contributed by atoms with Crippen molar-refractivity contribution in [2.45, 2.75) is 82.4 Å².